The molecule has 0 saturated heterocycles. The van der Waals surface area contributed by atoms with Gasteiger partial charge in [0.25, 0.3) is 0 Å². The van der Waals surface area contributed by atoms with Gasteiger partial charge in [0.1, 0.15) is 6.61 Å². The van der Waals surface area contributed by atoms with E-state index in [1.807, 2.05) is 0 Å². The Hall–Kier alpha value is -1.72. The van der Waals surface area contributed by atoms with Crippen molar-refractivity contribution < 1.29 is 19.1 Å². The fourth-order valence-electron chi connectivity index (χ4n) is 1.14. The average Bonchev–Trinajstić information content (AvgIpc) is 2.29. The maximum absolute atomic E-state index is 11.4. The van der Waals surface area contributed by atoms with E-state index in [2.05, 4.69) is 0 Å². The van der Waals surface area contributed by atoms with Crippen molar-refractivity contribution in [2.45, 2.75) is 6.92 Å². The number of esters is 1. The van der Waals surface area contributed by atoms with Gasteiger partial charge in [-0.05, 0) is 19.1 Å². The van der Waals surface area contributed by atoms with Crippen LogP contribution in [-0.4, -0.2) is 32.1 Å². The molecule has 0 aliphatic heterocycles. The molecular weight excluding hydrogens is 222 g/mol. The first kappa shape index (κ1) is 15.3. The fourth-order valence-corrected chi connectivity index (χ4v) is 1.14. The third kappa shape index (κ3) is 4.76. The second-order valence-corrected chi connectivity index (χ2v) is 3.26. The second kappa shape index (κ2) is 7.54. The summed E-state index contributed by atoms with van der Waals surface area (Å²) in [5.74, 6) is -0.438. The molecule has 0 saturated carbocycles. The van der Waals surface area contributed by atoms with Crippen LogP contribution in [-0.2, 0) is 9.47 Å². The standard InChI is InChI=1S/C12H14O4.HN/c1-9(13)10-3-5-11(6-4-10)12(14)16-8-7-15-2;/h3-6H,7-8H2,1-2H3;1H. The highest BCUT2D eigenvalue weighted by molar-refractivity contribution is 5.96. The van der Waals surface area contributed by atoms with Gasteiger partial charge >= 0.3 is 5.97 Å². The lowest BCUT2D eigenvalue weighted by Gasteiger charge is -2.04. The van der Waals surface area contributed by atoms with Crippen LogP contribution in [0.25, 0.3) is 0 Å². The smallest absolute Gasteiger partial charge is 0.338 e. The number of ether oxygens (including phenoxy) is 2. The minimum atomic E-state index is -0.410. The number of rotatable bonds is 5. The SMILES string of the molecule is COCCOC(=O)c1ccc(C(C)=O)cc1.[NH]. The third-order valence-electron chi connectivity index (χ3n) is 2.05. The Bertz CT molecular complexity index is 373. The largest absolute Gasteiger partial charge is 0.460 e. The van der Waals surface area contributed by atoms with E-state index in [1.165, 1.54) is 14.0 Å². The molecule has 0 spiro atoms. The molecule has 1 aromatic carbocycles. The molecule has 0 aromatic heterocycles. The molecule has 1 rings (SSSR count). The minimum absolute atomic E-state index is 0. The van der Waals surface area contributed by atoms with Gasteiger partial charge in [0.2, 0.25) is 0 Å². The third-order valence-corrected chi connectivity index (χ3v) is 2.05. The van der Waals surface area contributed by atoms with Crippen LogP contribution in [0.1, 0.15) is 27.6 Å². The molecule has 0 heterocycles. The van der Waals surface area contributed by atoms with E-state index in [-0.39, 0.29) is 18.5 Å². The van der Waals surface area contributed by atoms with Crippen molar-refractivity contribution >= 4 is 11.8 Å². The van der Waals surface area contributed by atoms with Crippen molar-refractivity contribution in [3.63, 3.8) is 0 Å². The molecule has 0 atom stereocenters. The zero-order chi connectivity index (χ0) is 12.0. The normalized spacial score (nSPS) is 9.29. The Morgan fingerprint density at radius 3 is 2.06 bits per heavy atom. The molecule has 5 heteroatoms. The average molecular weight is 237 g/mol. The molecule has 0 bridgehead atoms. The van der Waals surface area contributed by atoms with Crippen molar-refractivity contribution in [1.82, 2.24) is 6.15 Å². The molecule has 0 aliphatic rings. The van der Waals surface area contributed by atoms with Gasteiger partial charge in [-0.25, -0.2) is 4.79 Å². The van der Waals surface area contributed by atoms with Crippen molar-refractivity contribution in [1.29, 1.82) is 0 Å². The Morgan fingerprint density at radius 1 is 1.06 bits per heavy atom. The fraction of sp³-hybridized carbons (Fsp3) is 0.333. The first-order chi connectivity index (χ1) is 7.65. The van der Waals surface area contributed by atoms with Gasteiger partial charge in [-0.15, -0.1) is 0 Å². The number of carbonyl (C=O) groups is 2. The quantitative estimate of drug-likeness (QED) is 0.440. The topological polar surface area (TPSA) is 84.6 Å². The monoisotopic (exact) mass is 237 g/mol. The number of ketones is 1. The first-order valence-corrected chi connectivity index (χ1v) is 4.92. The van der Waals surface area contributed by atoms with Crippen LogP contribution in [0, 0.1) is 0 Å². The van der Waals surface area contributed by atoms with Gasteiger partial charge < -0.3 is 9.47 Å². The Kier molecular flexibility index (Phi) is 6.77. The van der Waals surface area contributed by atoms with Crippen molar-refractivity contribution in [3.8, 4) is 0 Å². The maximum Gasteiger partial charge on any atom is 0.338 e. The molecule has 2 radical (unpaired) electrons. The van der Waals surface area contributed by atoms with Crippen LogP contribution >= 0.6 is 0 Å². The van der Waals surface area contributed by atoms with Crippen LogP contribution < -0.4 is 6.15 Å². The molecule has 0 unspecified atom stereocenters. The predicted molar refractivity (Wildman–Crippen MR) is 61.7 cm³/mol. The maximum atomic E-state index is 11.4. The summed E-state index contributed by atoms with van der Waals surface area (Å²) in [4.78, 5) is 22.4. The molecule has 0 amide bonds. The molecule has 0 fully saturated rings. The zero-order valence-corrected chi connectivity index (χ0v) is 9.86. The highest BCUT2D eigenvalue weighted by Gasteiger charge is 2.07. The van der Waals surface area contributed by atoms with Crippen LogP contribution in [0.5, 0.6) is 0 Å². The molecule has 0 aliphatic carbocycles. The summed E-state index contributed by atoms with van der Waals surface area (Å²) < 4.78 is 9.68. The van der Waals surface area contributed by atoms with Crippen LogP contribution in [0.4, 0.5) is 0 Å². The molecular formula is C12H15NO4. The van der Waals surface area contributed by atoms with Crippen LogP contribution in [0.3, 0.4) is 0 Å². The number of hydrogen-bond donors (Lipinski definition) is 0. The molecule has 5 nitrogen and oxygen atoms in total. The zero-order valence-electron chi connectivity index (χ0n) is 9.86. The number of carbonyl (C=O) groups excluding carboxylic acids is 2. The number of nitrogens with one attached hydrogen (secondary N) is 1. The molecule has 92 valence electrons. The highest BCUT2D eigenvalue weighted by Crippen LogP contribution is 2.06. The van der Waals surface area contributed by atoms with E-state index in [4.69, 9.17) is 9.47 Å². The van der Waals surface area contributed by atoms with Crippen molar-refractivity contribution in [2.75, 3.05) is 20.3 Å². The van der Waals surface area contributed by atoms with Gasteiger partial charge in [0, 0.05) is 12.7 Å². The second-order valence-electron chi connectivity index (χ2n) is 3.26. The molecule has 1 aromatic rings. The molecule has 1 N–H and O–H groups in total. The Balaban J connectivity index is 0.00000256. The van der Waals surface area contributed by atoms with Crippen LogP contribution in [0.2, 0.25) is 0 Å². The summed E-state index contributed by atoms with van der Waals surface area (Å²) in [6.07, 6.45) is 0. The summed E-state index contributed by atoms with van der Waals surface area (Å²) in [6.45, 7) is 2.08. The van der Waals surface area contributed by atoms with Gasteiger partial charge in [0.15, 0.2) is 5.78 Å². The number of Topliss-reactive ketones (excluding diaryl/α,β-unsaturated/α-hetero) is 1. The lowest BCUT2D eigenvalue weighted by molar-refractivity contribution is 0.0388. The Morgan fingerprint density at radius 2 is 1.59 bits per heavy atom. The van der Waals surface area contributed by atoms with E-state index in [0.29, 0.717) is 17.7 Å². The number of benzene rings is 1. The van der Waals surface area contributed by atoms with E-state index in [9.17, 15) is 9.59 Å². The first-order valence-electron chi connectivity index (χ1n) is 4.92. The summed E-state index contributed by atoms with van der Waals surface area (Å²) in [7, 11) is 1.54. The van der Waals surface area contributed by atoms with E-state index in [0.717, 1.165) is 0 Å². The summed E-state index contributed by atoms with van der Waals surface area (Å²) >= 11 is 0. The highest BCUT2D eigenvalue weighted by atomic mass is 16.6. The number of methoxy groups -OCH3 is 1. The lowest BCUT2D eigenvalue weighted by Crippen LogP contribution is -2.10. The predicted octanol–water partition coefficient (Wildman–Crippen LogP) is 1.43. The van der Waals surface area contributed by atoms with Crippen LogP contribution in [0.15, 0.2) is 24.3 Å². The van der Waals surface area contributed by atoms with Gasteiger partial charge in [-0.2, -0.15) is 6.15 Å². The van der Waals surface area contributed by atoms with Crippen molar-refractivity contribution in [2.24, 2.45) is 0 Å². The minimum Gasteiger partial charge on any atom is -0.460 e. The van der Waals surface area contributed by atoms with Gasteiger partial charge in [-0.3, -0.25) is 4.79 Å². The number of hydrogen-bond acceptors (Lipinski definition) is 4. The van der Waals surface area contributed by atoms with E-state index in [1.54, 1.807) is 24.3 Å². The van der Waals surface area contributed by atoms with Crippen molar-refractivity contribution in [3.05, 3.63) is 35.4 Å². The van der Waals surface area contributed by atoms with Gasteiger partial charge in [-0.1, -0.05) is 12.1 Å². The van der Waals surface area contributed by atoms with E-state index >= 15 is 0 Å². The summed E-state index contributed by atoms with van der Waals surface area (Å²) in [5, 5.41) is 0. The lowest BCUT2D eigenvalue weighted by atomic mass is 10.1. The molecule has 17 heavy (non-hydrogen) atoms. The van der Waals surface area contributed by atoms with Gasteiger partial charge in [0.05, 0.1) is 12.2 Å². The summed E-state index contributed by atoms with van der Waals surface area (Å²) in [5.41, 5.74) is 1.01. The Labute approximate surface area is 100 Å². The van der Waals surface area contributed by atoms with E-state index < -0.39 is 5.97 Å². The summed E-state index contributed by atoms with van der Waals surface area (Å²) in [6, 6.07) is 6.36.